The number of aromatic nitrogens is 1. The van der Waals surface area contributed by atoms with Crippen LogP contribution in [-0.2, 0) is 11.0 Å². The summed E-state index contributed by atoms with van der Waals surface area (Å²) in [6, 6.07) is 8.64. The average molecular weight is 418 g/mol. The second-order valence-corrected chi connectivity index (χ2v) is 7.26. The van der Waals surface area contributed by atoms with E-state index >= 15 is 0 Å². The molecular weight excluding hydrogens is 401 g/mol. The first kappa shape index (κ1) is 20.9. The minimum absolute atomic E-state index is 0.151. The first-order chi connectivity index (χ1) is 13.7. The quantitative estimate of drug-likeness (QED) is 0.699. The Kier molecular flexibility index (Phi) is 5.96. The SMILES string of the molecule is CSc1cc(C#N)ccc1C(N)C1=C(Nc2ccnc(C(F)(F)F)c2)CCC1=O. The Morgan fingerprint density at radius 3 is 2.69 bits per heavy atom. The molecule has 3 rings (SSSR count). The summed E-state index contributed by atoms with van der Waals surface area (Å²) in [5.74, 6) is -0.151. The van der Waals surface area contributed by atoms with Crippen molar-refractivity contribution in [2.45, 2.75) is 30.0 Å². The van der Waals surface area contributed by atoms with Gasteiger partial charge in [0.15, 0.2) is 5.78 Å². The summed E-state index contributed by atoms with van der Waals surface area (Å²) in [5, 5.41) is 12.0. The van der Waals surface area contributed by atoms with E-state index in [0.29, 0.717) is 28.8 Å². The number of carbonyl (C=O) groups excluding carboxylic acids is 1. The number of benzene rings is 1. The van der Waals surface area contributed by atoms with Gasteiger partial charge in [0.05, 0.1) is 17.7 Å². The van der Waals surface area contributed by atoms with Crippen LogP contribution < -0.4 is 11.1 Å². The number of nitriles is 1. The fourth-order valence-corrected chi connectivity index (χ4v) is 3.87. The molecule has 0 aliphatic heterocycles. The van der Waals surface area contributed by atoms with Gasteiger partial charge in [0.25, 0.3) is 0 Å². The van der Waals surface area contributed by atoms with E-state index in [9.17, 15) is 18.0 Å². The minimum Gasteiger partial charge on any atom is -0.358 e. The standard InChI is InChI=1S/C20H17F3N4OS/c1-29-16-8-11(10-24)2-3-13(16)19(25)18-14(4-5-15(18)28)27-12-6-7-26-17(9-12)20(21,22)23/h2-3,6-9,19H,4-5,25H2,1H3,(H,26,27). The maximum Gasteiger partial charge on any atom is 0.433 e. The molecule has 5 nitrogen and oxygen atoms in total. The van der Waals surface area contributed by atoms with Gasteiger partial charge in [0, 0.05) is 34.5 Å². The second kappa shape index (κ2) is 8.27. The number of rotatable bonds is 5. The maximum absolute atomic E-state index is 12.9. The van der Waals surface area contributed by atoms with Gasteiger partial charge < -0.3 is 11.1 Å². The molecule has 2 aromatic rings. The molecule has 1 heterocycles. The number of hydrogen-bond donors (Lipinski definition) is 2. The third-order valence-corrected chi connectivity index (χ3v) is 5.38. The van der Waals surface area contributed by atoms with E-state index in [1.807, 2.05) is 6.26 Å². The Morgan fingerprint density at radius 1 is 1.28 bits per heavy atom. The van der Waals surface area contributed by atoms with Crippen molar-refractivity contribution in [2.75, 3.05) is 11.6 Å². The zero-order chi connectivity index (χ0) is 21.2. The summed E-state index contributed by atoms with van der Waals surface area (Å²) in [7, 11) is 0. The summed E-state index contributed by atoms with van der Waals surface area (Å²) in [6.45, 7) is 0. The molecule has 0 radical (unpaired) electrons. The van der Waals surface area contributed by atoms with Gasteiger partial charge in [0.1, 0.15) is 5.69 Å². The summed E-state index contributed by atoms with van der Waals surface area (Å²) in [5.41, 5.74) is 7.57. The van der Waals surface area contributed by atoms with Crippen molar-refractivity contribution in [1.82, 2.24) is 4.98 Å². The average Bonchev–Trinajstić information content (AvgIpc) is 3.06. The fourth-order valence-electron chi connectivity index (χ4n) is 3.20. The lowest BCUT2D eigenvalue weighted by molar-refractivity contribution is -0.141. The van der Waals surface area contributed by atoms with Crippen LogP contribution in [0.2, 0.25) is 0 Å². The maximum atomic E-state index is 12.9. The van der Waals surface area contributed by atoms with Crippen LogP contribution in [-0.4, -0.2) is 17.0 Å². The Balaban J connectivity index is 1.98. The van der Waals surface area contributed by atoms with Gasteiger partial charge in [-0.15, -0.1) is 11.8 Å². The number of nitrogens with one attached hydrogen (secondary N) is 1. The Labute approximate surface area is 169 Å². The van der Waals surface area contributed by atoms with Crippen LogP contribution in [0.3, 0.4) is 0 Å². The monoisotopic (exact) mass is 418 g/mol. The highest BCUT2D eigenvalue weighted by molar-refractivity contribution is 7.98. The molecular formula is C20H17F3N4OS. The molecule has 0 bridgehead atoms. The van der Waals surface area contributed by atoms with E-state index < -0.39 is 17.9 Å². The van der Waals surface area contributed by atoms with Gasteiger partial charge in [-0.1, -0.05) is 6.07 Å². The van der Waals surface area contributed by atoms with E-state index in [-0.39, 0.29) is 17.9 Å². The number of carbonyl (C=O) groups is 1. The van der Waals surface area contributed by atoms with Crippen LogP contribution in [0.25, 0.3) is 0 Å². The van der Waals surface area contributed by atoms with E-state index in [4.69, 9.17) is 11.0 Å². The molecule has 9 heteroatoms. The number of nitrogens with zero attached hydrogens (tertiary/aromatic N) is 2. The topological polar surface area (TPSA) is 91.8 Å². The largest absolute Gasteiger partial charge is 0.433 e. The first-order valence-corrected chi connectivity index (χ1v) is 9.87. The third kappa shape index (κ3) is 4.44. The van der Waals surface area contributed by atoms with E-state index in [2.05, 4.69) is 16.4 Å². The molecule has 1 unspecified atom stereocenters. The van der Waals surface area contributed by atoms with Crippen molar-refractivity contribution in [3.05, 3.63) is 64.6 Å². The Morgan fingerprint density at radius 2 is 2.03 bits per heavy atom. The van der Waals surface area contributed by atoms with E-state index in [1.165, 1.54) is 17.8 Å². The number of thioether (sulfide) groups is 1. The third-order valence-electron chi connectivity index (χ3n) is 4.58. The molecule has 3 N–H and O–H groups in total. The van der Waals surface area contributed by atoms with Crippen molar-refractivity contribution >= 4 is 23.2 Å². The molecule has 0 saturated carbocycles. The number of Topliss-reactive ketones (excluding diaryl/α,β-unsaturated/α-hetero) is 1. The smallest absolute Gasteiger partial charge is 0.358 e. The lowest BCUT2D eigenvalue weighted by Gasteiger charge is -2.19. The van der Waals surface area contributed by atoms with Crippen LogP contribution in [0.15, 0.2) is 52.7 Å². The number of anilines is 1. The van der Waals surface area contributed by atoms with E-state index in [0.717, 1.165) is 17.2 Å². The van der Waals surface area contributed by atoms with Crippen molar-refractivity contribution in [1.29, 1.82) is 5.26 Å². The zero-order valence-electron chi connectivity index (χ0n) is 15.4. The molecule has 1 atom stereocenters. The molecule has 29 heavy (non-hydrogen) atoms. The predicted molar refractivity (Wildman–Crippen MR) is 104 cm³/mol. The number of pyridine rings is 1. The van der Waals surface area contributed by atoms with Gasteiger partial charge in [0.2, 0.25) is 0 Å². The molecule has 0 fully saturated rings. The van der Waals surface area contributed by atoms with Gasteiger partial charge in [-0.05, 0) is 42.5 Å². The molecule has 1 aliphatic carbocycles. The van der Waals surface area contributed by atoms with Crippen molar-refractivity contribution in [2.24, 2.45) is 5.73 Å². The minimum atomic E-state index is -4.56. The number of hydrogen-bond acceptors (Lipinski definition) is 6. The van der Waals surface area contributed by atoms with E-state index in [1.54, 1.807) is 18.2 Å². The van der Waals surface area contributed by atoms with Crippen LogP contribution in [0.5, 0.6) is 0 Å². The highest BCUT2D eigenvalue weighted by atomic mass is 32.2. The number of allylic oxidation sites excluding steroid dienone is 1. The predicted octanol–water partition coefficient (Wildman–Crippen LogP) is 4.42. The number of alkyl halides is 3. The summed E-state index contributed by atoms with van der Waals surface area (Å²) in [6.07, 6.45) is -1.07. The van der Waals surface area contributed by atoms with Gasteiger partial charge in [-0.25, -0.2) is 0 Å². The van der Waals surface area contributed by atoms with Crippen molar-refractivity contribution in [3.8, 4) is 6.07 Å². The number of ketones is 1. The molecule has 150 valence electrons. The Hall–Kier alpha value is -2.83. The lowest BCUT2D eigenvalue weighted by atomic mass is 9.96. The summed E-state index contributed by atoms with van der Waals surface area (Å²) < 4.78 is 38.7. The van der Waals surface area contributed by atoms with Crippen molar-refractivity contribution in [3.63, 3.8) is 0 Å². The summed E-state index contributed by atoms with van der Waals surface area (Å²) >= 11 is 1.40. The molecule has 0 spiro atoms. The highest BCUT2D eigenvalue weighted by Gasteiger charge is 2.33. The van der Waals surface area contributed by atoms with Gasteiger partial charge in [-0.3, -0.25) is 9.78 Å². The molecule has 1 aliphatic rings. The van der Waals surface area contributed by atoms with Gasteiger partial charge in [-0.2, -0.15) is 18.4 Å². The van der Waals surface area contributed by atoms with Crippen LogP contribution in [0.1, 0.15) is 35.7 Å². The molecule has 1 aromatic carbocycles. The molecule has 1 aromatic heterocycles. The first-order valence-electron chi connectivity index (χ1n) is 8.64. The lowest BCUT2D eigenvalue weighted by Crippen LogP contribution is -2.20. The Bertz CT molecular complexity index is 1030. The molecule has 0 saturated heterocycles. The number of nitrogens with two attached hydrogens (primary N) is 1. The molecule has 0 amide bonds. The number of halogens is 3. The normalized spacial score (nSPS) is 15.4. The van der Waals surface area contributed by atoms with Crippen molar-refractivity contribution < 1.29 is 18.0 Å². The van der Waals surface area contributed by atoms with Crippen LogP contribution >= 0.6 is 11.8 Å². The van der Waals surface area contributed by atoms with Crippen LogP contribution in [0, 0.1) is 11.3 Å². The van der Waals surface area contributed by atoms with Crippen LogP contribution in [0.4, 0.5) is 18.9 Å². The second-order valence-electron chi connectivity index (χ2n) is 6.41. The highest BCUT2D eigenvalue weighted by Crippen LogP contribution is 2.37. The van der Waals surface area contributed by atoms with Gasteiger partial charge >= 0.3 is 6.18 Å². The summed E-state index contributed by atoms with van der Waals surface area (Å²) in [4.78, 5) is 16.6. The zero-order valence-corrected chi connectivity index (χ0v) is 16.2. The fraction of sp³-hybridized carbons (Fsp3) is 0.250.